The average Bonchev–Trinajstić information content (AvgIpc) is 2.41. The van der Waals surface area contributed by atoms with Gasteiger partial charge in [-0.1, -0.05) is 0 Å². The molecule has 0 spiro atoms. The maximum Gasteiger partial charge on any atom is 0.342 e. The zero-order valence-corrected chi connectivity index (χ0v) is 11.8. The summed E-state index contributed by atoms with van der Waals surface area (Å²) < 4.78 is 22.7. The fourth-order valence-corrected chi connectivity index (χ4v) is 3.72. The number of nitro groups is 1. The third kappa shape index (κ3) is 3.69. The van der Waals surface area contributed by atoms with Crippen molar-refractivity contribution in [2.45, 2.75) is 18.9 Å². The summed E-state index contributed by atoms with van der Waals surface area (Å²) in [5.74, 6) is -1.20. The largest absolute Gasteiger partial charge is 0.477 e. The second-order valence-corrected chi connectivity index (χ2v) is 7.17. The van der Waals surface area contributed by atoms with E-state index >= 15 is 0 Å². The lowest BCUT2D eigenvalue weighted by molar-refractivity contribution is -0.385. The van der Waals surface area contributed by atoms with Crippen LogP contribution in [0.5, 0.6) is 0 Å². The van der Waals surface area contributed by atoms with Gasteiger partial charge in [0.05, 0.1) is 16.4 Å². The molecule has 0 aliphatic carbocycles. The van der Waals surface area contributed by atoms with Gasteiger partial charge in [-0.05, 0) is 25.0 Å². The van der Waals surface area contributed by atoms with E-state index in [4.69, 9.17) is 5.11 Å². The molecule has 1 fully saturated rings. The topological polar surface area (TPSA) is 127 Å². The highest BCUT2D eigenvalue weighted by atomic mass is 32.2. The van der Waals surface area contributed by atoms with Crippen molar-refractivity contribution in [2.75, 3.05) is 16.8 Å². The van der Waals surface area contributed by atoms with Crippen LogP contribution in [0.25, 0.3) is 0 Å². The maximum absolute atomic E-state index is 11.3. The minimum Gasteiger partial charge on any atom is -0.477 e. The van der Waals surface area contributed by atoms with Gasteiger partial charge in [0.15, 0.2) is 0 Å². The van der Waals surface area contributed by atoms with Gasteiger partial charge in [0.1, 0.15) is 15.4 Å². The van der Waals surface area contributed by atoms with Gasteiger partial charge >= 0.3 is 5.97 Å². The van der Waals surface area contributed by atoms with E-state index in [1.807, 2.05) is 0 Å². The molecule has 1 aliphatic heterocycles. The second-order valence-electron chi connectivity index (χ2n) is 4.86. The number of rotatable bonds is 4. The van der Waals surface area contributed by atoms with Crippen LogP contribution in [-0.2, 0) is 9.84 Å². The molecule has 2 rings (SSSR count). The summed E-state index contributed by atoms with van der Waals surface area (Å²) in [5, 5.41) is 22.8. The second kappa shape index (κ2) is 5.68. The molecule has 0 aromatic heterocycles. The van der Waals surface area contributed by atoms with Gasteiger partial charge in [-0.2, -0.15) is 0 Å². The molecule has 0 saturated carbocycles. The number of aromatic carboxylic acids is 1. The smallest absolute Gasteiger partial charge is 0.342 e. The van der Waals surface area contributed by atoms with Crippen molar-refractivity contribution in [3.05, 3.63) is 33.9 Å². The lowest BCUT2D eigenvalue weighted by Gasteiger charge is -2.24. The van der Waals surface area contributed by atoms with E-state index in [0.29, 0.717) is 18.5 Å². The lowest BCUT2D eigenvalue weighted by atomic mass is 10.1. The molecule has 2 N–H and O–H groups in total. The van der Waals surface area contributed by atoms with Crippen LogP contribution in [0, 0.1) is 10.1 Å². The first kappa shape index (κ1) is 15.2. The van der Waals surface area contributed by atoms with Crippen molar-refractivity contribution in [2.24, 2.45) is 0 Å². The number of sulfone groups is 1. The Bertz CT molecular complexity index is 671. The van der Waals surface area contributed by atoms with Crippen LogP contribution in [0.1, 0.15) is 23.2 Å². The molecule has 9 heteroatoms. The van der Waals surface area contributed by atoms with E-state index in [1.54, 1.807) is 0 Å². The molecule has 1 aromatic carbocycles. The average molecular weight is 314 g/mol. The van der Waals surface area contributed by atoms with Crippen molar-refractivity contribution >= 4 is 27.2 Å². The molecular weight excluding hydrogens is 300 g/mol. The van der Waals surface area contributed by atoms with Crippen molar-refractivity contribution in [3.63, 3.8) is 0 Å². The first-order valence-electron chi connectivity index (χ1n) is 6.27. The number of hydrogen-bond donors (Lipinski definition) is 2. The Hall–Kier alpha value is -2.16. The highest BCUT2D eigenvalue weighted by Gasteiger charge is 2.25. The fourth-order valence-electron chi connectivity index (χ4n) is 2.23. The van der Waals surface area contributed by atoms with Gasteiger partial charge in [0.2, 0.25) is 0 Å². The summed E-state index contributed by atoms with van der Waals surface area (Å²) >= 11 is 0. The third-order valence-electron chi connectivity index (χ3n) is 3.35. The number of carboxylic acid groups (broad SMARTS) is 1. The number of nitrogens with zero attached hydrogens (tertiary/aromatic N) is 1. The molecule has 0 radical (unpaired) electrons. The van der Waals surface area contributed by atoms with Gasteiger partial charge in [0.25, 0.3) is 5.69 Å². The number of nitro benzene ring substituents is 1. The van der Waals surface area contributed by atoms with Gasteiger partial charge < -0.3 is 10.4 Å². The molecular formula is C12H14N2O6S. The summed E-state index contributed by atoms with van der Waals surface area (Å²) in [4.78, 5) is 21.0. The predicted octanol–water partition coefficient (Wildman–Crippen LogP) is 1.28. The maximum atomic E-state index is 11.3. The SMILES string of the molecule is O=C(O)c1cc(NC2CCS(=O)(=O)CC2)ccc1[N+](=O)[O-]. The molecule has 1 aromatic rings. The molecule has 1 heterocycles. The van der Waals surface area contributed by atoms with Gasteiger partial charge in [0, 0.05) is 17.8 Å². The summed E-state index contributed by atoms with van der Waals surface area (Å²) in [5.41, 5.74) is -0.435. The molecule has 8 nitrogen and oxygen atoms in total. The van der Waals surface area contributed by atoms with E-state index in [2.05, 4.69) is 5.32 Å². The number of benzene rings is 1. The summed E-state index contributed by atoms with van der Waals surface area (Å²) in [6, 6.07) is 3.67. The summed E-state index contributed by atoms with van der Waals surface area (Å²) in [6.45, 7) is 0. The van der Waals surface area contributed by atoms with Crippen LogP contribution < -0.4 is 5.32 Å². The highest BCUT2D eigenvalue weighted by Crippen LogP contribution is 2.25. The highest BCUT2D eigenvalue weighted by molar-refractivity contribution is 7.91. The first-order valence-corrected chi connectivity index (χ1v) is 8.09. The van der Waals surface area contributed by atoms with Crippen LogP contribution in [0.15, 0.2) is 18.2 Å². The molecule has 0 amide bonds. The molecule has 0 atom stereocenters. The number of carboxylic acids is 1. The standard InChI is InChI=1S/C12H14N2O6S/c15-12(16)10-7-9(1-2-11(10)14(17)18)13-8-3-5-21(19,20)6-4-8/h1-2,7-8,13H,3-6H2,(H,15,16). The molecule has 114 valence electrons. The van der Waals surface area contributed by atoms with Crippen molar-refractivity contribution in [1.29, 1.82) is 0 Å². The Morgan fingerprint density at radius 1 is 1.33 bits per heavy atom. The van der Waals surface area contributed by atoms with Crippen molar-refractivity contribution < 1.29 is 23.2 Å². The molecule has 21 heavy (non-hydrogen) atoms. The summed E-state index contributed by atoms with van der Waals surface area (Å²) in [7, 11) is -2.97. The van der Waals surface area contributed by atoms with Crippen LogP contribution >= 0.6 is 0 Å². The Morgan fingerprint density at radius 3 is 2.48 bits per heavy atom. The van der Waals surface area contributed by atoms with E-state index in [0.717, 1.165) is 6.07 Å². The monoisotopic (exact) mass is 314 g/mol. The van der Waals surface area contributed by atoms with Crippen LogP contribution in [-0.4, -0.2) is 42.0 Å². The Morgan fingerprint density at radius 2 is 1.95 bits per heavy atom. The van der Waals surface area contributed by atoms with Gasteiger partial charge in [-0.3, -0.25) is 10.1 Å². The summed E-state index contributed by atoms with van der Waals surface area (Å²) in [6.07, 6.45) is 0.865. The van der Waals surface area contributed by atoms with E-state index < -0.39 is 32.0 Å². The Labute approximate surface area is 120 Å². The van der Waals surface area contributed by atoms with E-state index in [-0.39, 0.29) is 17.5 Å². The van der Waals surface area contributed by atoms with E-state index in [9.17, 15) is 23.3 Å². The van der Waals surface area contributed by atoms with Crippen molar-refractivity contribution in [3.8, 4) is 0 Å². The lowest BCUT2D eigenvalue weighted by Crippen LogP contribution is -2.32. The zero-order valence-electron chi connectivity index (χ0n) is 11.0. The molecule has 0 bridgehead atoms. The number of nitrogens with one attached hydrogen (secondary N) is 1. The quantitative estimate of drug-likeness (QED) is 0.633. The molecule has 1 aliphatic rings. The van der Waals surface area contributed by atoms with Crippen molar-refractivity contribution in [1.82, 2.24) is 0 Å². The normalized spacial score (nSPS) is 18.1. The Kier molecular flexibility index (Phi) is 4.12. The zero-order chi connectivity index (χ0) is 15.6. The number of anilines is 1. The van der Waals surface area contributed by atoms with Crippen LogP contribution in [0.4, 0.5) is 11.4 Å². The Balaban J connectivity index is 2.16. The fraction of sp³-hybridized carbons (Fsp3) is 0.417. The van der Waals surface area contributed by atoms with Gasteiger partial charge in [-0.25, -0.2) is 13.2 Å². The van der Waals surface area contributed by atoms with Crippen LogP contribution in [0.2, 0.25) is 0 Å². The minimum absolute atomic E-state index is 0.0865. The predicted molar refractivity (Wildman–Crippen MR) is 75.4 cm³/mol. The molecule has 0 unspecified atom stereocenters. The first-order chi connectivity index (χ1) is 9.78. The van der Waals surface area contributed by atoms with E-state index in [1.165, 1.54) is 12.1 Å². The number of carbonyl (C=O) groups is 1. The van der Waals surface area contributed by atoms with Gasteiger partial charge in [-0.15, -0.1) is 0 Å². The minimum atomic E-state index is -2.97. The molecule has 1 saturated heterocycles. The number of hydrogen-bond acceptors (Lipinski definition) is 6. The van der Waals surface area contributed by atoms with Crippen LogP contribution in [0.3, 0.4) is 0 Å². The third-order valence-corrected chi connectivity index (χ3v) is 5.06.